The third-order valence-electron chi connectivity index (χ3n) is 4.30. The van der Waals surface area contributed by atoms with Crippen molar-refractivity contribution in [3.8, 4) is 5.75 Å². The number of ether oxygens (including phenoxy) is 1. The van der Waals surface area contributed by atoms with Crippen molar-refractivity contribution in [2.75, 3.05) is 11.9 Å². The smallest absolute Gasteiger partial charge is 0.349 e. The molecule has 0 saturated carbocycles. The Morgan fingerprint density at radius 3 is 2.59 bits per heavy atom. The summed E-state index contributed by atoms with van der Waals surface area (Å²) in [4.78, 5) is 24.9. The van der Waals surface area contributed by atoms with E-state index >= 15 is 0 Å². The molecule has 5 heteroatoms. The number of hydrogen-bond donors (Lipinski definition) is 1. The molecule has 1 amide bonds. The number of carbonyl (C=O) groups is 1. The molecule has 140 valence electrons. The lowest BCUT2D eigenvalue weighted by Crippen LogP contribution is -2.20. The van der Waals surface area contributed by atoms with Crippen LogP contribution >= 0.6 is 0 Å². The third-order valence-corrected chi connectivity index (χ3v) is 4.30. The fourth-order valence-corrected chi connectivity index (χ4v) is 2.88. The highest BCUT2D eigenvalue weighted by atomic mass is 16.5. The van der Waals surface area contributed by atoms with Crippen LogP contribution in [0.5, 0.6) is 5.75 Å². The maximum Gasteiger partial charge on any atom is 0.349 e. The van der Waals surface area contributed by atoms with E-state index in [0.717, 1.165) is 19.3 Å². The van der Waals surface area contributed by atoms with Crippen LogP contribution < -0.4 is 15.7 Å². The summed E-state index contributed by atoms with van der Waals surface area (Å²) in [5, 5.41) is 3.40. The first kappa shape index (κ1) is 18.7. The van der Waals surface area contributed by atoms with Gasteiger partial charge in [-0.3, -0.25) is 4.79 Å². The van der Waals surface area contributed by atoms with Gasteiger partial charge >= 0.3 is 5.63 Å². The quantitative estimate of drug-likeness (QED) is 0.612. The number of unbranched alkanes of at least 4 members (excludes halogenated alkanes) is 1. The number of aryl methyl sites for hydroxylation is 1. The van der Waals surface area contributed by atoms with Crippen LogP contribution in [-0.4, -0.2) is 12.5 Å². The zero-order chi connectivity index (χ0) is 19.2. The van der Waals surface area contributed by atoms with Crippen LogP contribution in [0.15, 0.2) is 57.7 Å². The van der Waals surface area contributed by atoms with Crippen molar-refractivity contribution >= 4 is 22.6 Å². The SMILES string of the molecule is CCCCc1ccc(NC(=O)c2cc3cccc(OCC)c3oc2=O)cc1. The van der Waals surface area contributed by atoms with Gasteiger partial charge in [0.15, 0.2) is 11.3 Å². The Labute approximate surface area is 158 Å². The van der Waals surface area contributed by atoms with E-state index in [2.05, 4.69) is 12.2 Å². The van der Waals surface area contributed by atoms with Gasteiger partial charge in [-0.25, -0.2) is 4.79 Å². The van der Waals surface area contributed by atoms with Gasteiger partial charge in [0.05, 0.1) is 6.61 Å². The molecule has 0 spiro atoms. The Hall–Kier alpha value is -3.08. The number of carbonyl (C=O) groups excluding carboxylic acids is 1. The van der Waals surface area contributed by atoms with Crippen LogP contribution in [0, 0.1) is 0 Å². The Morgan fingerprint density at radius 1 is 1.11 bits per heavy atom. The topological polar surface area (TPSA) is 68.5 Å². The molecule has 0 aliphatic rings. The van der Waals surface area contributed by atoms with E-state index in [1.165, 1.54) is 11.6 Å². The van der Waals surface area contributed by atoms with Crippen LogP contribution in [-0.2, 0) is 6.42 Å². The third kappa shape index (κ3) is 4.37. The van der Waals surface area contributed by atoms with Crippen molar-refractivity contribution in [1.29, 1.82) is 0 Å². The Morgan fingerprint density at radius 2 is 1.89 bits per heavy atom. The van der Waals surface area contributed by atoms with Crippen molar-refractivity contribution in [2.24, 2.45) is 0 Å². The lowest BCUT2D eigenvalue weighted by atomic mass is 10.1. The fourth-order valence-electron chi connectivity index (χ4n) is 2.88. The van der Waals surface area contributed by atoms with E-state index in [4.69, 9.17) is 9.15 Å². The molecule has 1 aromatic heterocycles. The molecule has 2 aromatic carbocycles. The molecule has 3 rings (SSSR count). The summed E-state index contributed by atoms with van der Waals surface area (Å²) in [6, 6.07) is 14.5. The van der Waals surface area contributed by atoms with Gasteiger partial charge < -0.3 is 14.5 Å². The summed E-state index contributed by atoms with van der Waals surface area (Å²) in [6.45, 7) is 4.46. The number of para-hydroxylation sites is 1. The number of nitrogens with one attached hydrogen (secondary N) is 1. The van der Waals surface area contributed by atoms with Gasteiger partial charge in [-0.1, -0.05) is 37.6 Å². The summed E-state index contributed by atoms with van der Waals surface area (Å²) in [7, 11) is 0. The first-order valence-electron chi connectivity index (χ1n) is 9.22. The molecule has 0 fully saturated rings. The second kappa shape index (κ2) is 8.54. The molecule has 3 aromatic rings. The van der Waals surface area contributed by atoms with Crippen LogP contribution in [0.2, 0.25) is 0 Å². The van der Waals surface area contributed by atoms with Crippen molar-refractivity contribution in [1.82, 2.24) is 0 Å². The Balaban J connectivity index is 1.83. The molecule has 27 heavy (non-hydrogen) atoms. The van der Waals surface area contributed by atoms with Crippen molar-refractivity contribution in [2.45, 2.75) is 33.1 Å². The summed E-state index contributed by atoms with van der Waals surface area (Å²) < 4.78 is 10.8. The highest BCUT2D eigenvalue weighted by Crippen LogP contribution is 2.25. The van der Waals surface area contributed by atoms with Gasteiger partial charge in [0, 0.05) is 11.1 Å². The van der Waals surface area contributed by atoms with Gasteiger partial charge in [0.2, 0.25) is 0 Å². The van der Waals surface area contributed by atoms with Gasteiger partial charge in [-0.2, -0.15) is 0 Å². The fraction of sp³-hybridized carbons (Fsp3) is 0.273. The number of rotatable bonds is 7. The maximum atomic E-state index is 12.5. The van der Waals surface area contributed by atoms with Gasteiger partial charge in [-0.05, 0) is 49.6 Å². The van der Waals surface area contributed by atoms with Gasteiger partial charge in [0.25, 0.3) is 5.91 Å². The van der Waals surface area contributed by atoms with E-state index < -0.39 is 11.5 Å². The first-order chi connectivity index (χ1) is 13.1. The van der Waals surface area contributed by atoms with E-state index in [1.54, 1.807) is 18.2 Å². The second-order valence-corrected chi connectivity index (χ2v) is 6.31. The van der Waals surface area contributed by atoms with E-state index in [1.807, 2.05) is 31.2 Å². The monoisotopic (exact) mass is 365 g/mol. The van der Waals surface area contributed by atoms with Gasteiger partial charge in [-0.15, -0.1) is 0 Å². The van der Waals surface area contributed by atoms with Gasteiger partial charge in [0.1, 0.15) is 5.56 Å². The normalized spacial score (nSPS) is 10.7. The largest absolute Gasteiger partial charge is 0.490 e. The minimum Gasteiger partial charge on any atom is -0.490 e. The molecule has 0 radical (unpaired) electrons. The lowest BCUT2D eigenvalue weighted by molar-refractivity contribution is 0.102. The minimum absolute atomic E-state index is 0.0359. The molecule has 5 nitrogen and oxygen atoms in total. The van der Waals surface area contributed by atoms with Crippen LogP contribution in [0.4, 0.5) is 5.69 Å². The summed E-state index contributed by atoms with van der Waals surface area (Å²) in [6.07, 6.45) is 3.29. The maximum absolute atomic E-state index is 12.5. The molecule has 0 atom stereocenters. The predicted octanol–water partition coefficient (Wildman–Crippen LogP) is 4.79. The Bertz CT molecular complexity index is 989. The number of hydrogen-bond acceptors (Lipinski definition) is 4. The summed E-state index contributed by atoms with van der Waals surface area (Å²) in [5.41, 5.74) is 1.49. The molecular weight excluding hydrogens is 342 g/mol. The molecule has 0 unspecified atom stereocenters. The minimum atomic E-state index is -0.688. The van der Waals surface area contributed by atoms with E-state index in [9.17, 15) is 9.59 Å². The molecule has 0 aliphatic carbocycles. The first-order valence-corrected chi connectivity index (χ1v) is 9.22. The van der Waals surface area contributed by atoms with Crippen LogP contribution in [0.25, 0.3) is 11.0 Å². The highest BCUT2D eigenvalue weighted by molar-refractivity contribution is 6.05. The summed E-state index contributed by atoms with van der Waals surface area (Å²) >= 11 is 0. The van der Waals surface area contributed by atoms with Crippen molar-refractivity contribution < 1.29 is 13.9 Å². The molecule has 1 N–H and O–H groups in total. The number of anilines is 1. The summed E-state index contributed by atoms with van der Waals surface area (Å²) in [5.74, 6) is -0.00417. The van der Waals surface area contributed by atoms with Crippen molar-refractivity contribution in [3.63, 3.8) is 0 Å². The molecule has 0 aliphatic heterocycles. The average Bonchev–Trinajstić information content (AvgIpc) is 2.67. The van der Waals surface area contributed by atoms with Crippen LogP contribution in [0.1, 0.15) is 42.6 Å². The van der Waals surface area contributed by atoms with E-state index in [0.29, 0.717) is 29.0 Å². The van der Waals surface area contributed by atoms with Crippen molar-refractivity contribution in [3.05, 3.63) is 70.1 Å². The molecule has 0 bridgehead atoms. The Kier molecular flexibility index (Phi) is 5.91. The average molecular weight is 365 g/mol. The molecule has 0 saturated heterocycles. The molecule has 1 heterocycles. The zero-order valence-corrected chi connectivity index (χ0v) is 15.6. The predicted molar refractivity (Wildman–Crippen MR) is 107 cm³/mol. The standard InChI is InChI=1S/C22H23NO4/c1-3-5-7-15-10-12-17(13-11-15)23-21(24)18-14-16-8-6-9-19(26-4-2)20(16)27-22(18)25/h6,8-14H,3-5,7H2,1-2H3,(H,23,24). The number of fused-ring (bicyclic) bond motifs is 1. The number of benzene rings is 2. The van der Waals surface area contributed by atoms with E-state index in [-0.39, 0.29) is 5.56 Å². The van der Waals surface area contributed by atoms with Crippen LogP contribution in [0.3, 0.4) is 0 Å². The number of amides is 1. The highest BCUT2D eigenvalue weighted by Gasteiger charge is 2.16. The zero-order valence-electron chi connectivity index (χ0n) is 15.6. The second-order valence-electron chi connectivity index (χ2n) is 6.31. The molecular formula is C22H23NO4. The lowest BCUT2D eigenvalue weighted by Gasteiger charge is -2.08.